The number of fused-ring (bicyclic) bond motifs is 2. The van der Waals surface area contributed by atoms with Crippen LogP contribution in [0.3, 0.4) is 0 Å². The molecule has 2 aromatic carbocycles. The maximum absolute atomic E-state index is 13.2. The third kappa shape index (κ3) is 3.81. The number of para-hydroxylation sites is 2. The summed E-state index contributed by atoms with van der Waals surface area (Å²) in [7, 11) is 3.10. The van der Waals surface area contributed by atoms with Crippen LogP contribution in [0.2, 0.25) is 0 Å². The van der Waals surface area contributed by atoms with Crippen LogP contribution in [-0.2, 0) is 9.59 Å². The first-order valence-electron chi connectivity index (χ1n) is 9.60. The van der Waals surface area contributed by atoms with Crippen molar-refractivity contribution in [2.75, 3.05) is 31.0 Å². The molecule has 0 saturated heterocycles. The van der Waals surface area contributed by atoms with Gasteiger partial charge in [-0.05, 0) is 31.4 Å². The van der Waals surface area contributed by atoms with E-state index in [1.54, 1.807) is 37.3 Å². The summed E-state index contributed by atoms with van der Waals surface area (Å²) in [5.74, 6) is 0.529. The van der Waals surface area contributed by atoms with Crippen LogP contribution < -0.4 is 19.7 Å². The van der Waals surface area contributed by atoms with Crippen LogP contribution in [0.1, 0.15) is 19.3 Å². The molecule has 7 nitrogen and oxygen atoms in total. The molecule has 4 rings (SSSR count). The van der Waals surface area contributed by atoms with Crippen LogP contribution in [0.25, 0.3) is 0 Å². The zero-order chi connectivity index (χ0) is 20.4. The van der Waals surface area contributed by atoms with E-state index in [1.165, 1.54) is 0 Å². The lowest BCUT2D eigenvalue weighted by Crippen LogP contribution is -2.41. The summed E-state index contributed by atoms with van der Waals surface area (Å²) in [6.07, 6.45) is 2.55. The number of benzene rings is 2. The maximum Gasteiger partial charge on any atom is 0.244 e. The summed E-state index contributed by atoms with van der Waals surface area (Å²) in [5, 5.41) is 2.84. The Morgan fingerprint density at radius 2 is 1.90 bits per heavy atom. The van der Waals surface area contributed by atoms with Crippen molar-refractivity contribution in [2.24, 2.45) is 10.9 Å². The van der Waals surface area contributed by atoms with Crippen LogP contribution in [0.5, 0.6) is 11.5 Å². The van der Waals surface area contributed by atoms with E-state index < -0.39 is 0 Å². The second-order valence-corrected chi connectivity index (χ2v) is 7.11. The van der Waals surface area contributed by atoms with Gasteiger partial charge in [0, 0.05) is 29.6 Å². The number of nitrogens with one attached hydrogen (secondary N) is 1. The van der Waals surface area contributed by atoms with Gasteiger partial charge >= 0.3 is 0 Å². The second-order valence-electron chi connectivity index (χ2n) is 7.11. The Balaban J connectivity index is 1.59. The number of amides is 2. The minimum absolute atomic E-state index is 0.0652. The normalized spacial score (nSPS) is 17.7. The highest BCUT2D eigenvalue weighted by molar-refractivity contribution is 6.16. The molecule has 0 aromatic heterocycles. The first kappa shape index (κ1) is 19.0. The Bertz CT molecular complexity index is 964. The van der Waals surface area contributed by atoms with E-state index in [1.807, 2.05) is 24.3 Å². The number of methoxy groups -OCH3 is 2. The van der Waals surface area contributed by atoms with Crippen molar-refractivity contribution in [3.05, 3.63) is 42.5 Å². The topological polar surface area (TPSA) is 80.2 Å². The van der Waals surface area contributed by atoms with Crippen molar-refractivity contribution in [1.82, 2.24) is 0 Å². The molecule has 1 N–H and O–H groups in total. The molecule has 2 aromatic rings. The van der Waals surface area contributed by atoms with E-state index in [-0.39, 0.29) is 24.3 Å². The Hall–Kier alpha value is -3.35. The molecule has 2 amide bonds. The summed E-state index contributed by atoms with van der Waals surface area (Å²) >= 11 is 0. The highest BCUT2D eigenvalue weighted by atomic mass is 16.5. The molecule has 2 aliphatic rings. The molecule has 150 valence electrons. The summed E-state index contributed by atoms with van der Waals surface area (Å²) in [6, 6.07) is 12.6. The highest BCUT2D eigenvalue weighted by Crippen LogP contribution is 2.37. The maximum atomic E-state index is 13.2. The van der Waals surface area contributed by atoms with Gasteiger partial charge in [-0.15, -0.1) is 0 Å². The molecular formula is C22H23N3O4. The Morgan fingerprint density at radius 1 is 1.17 bits per heavy atom. The average molecular weight is 393 g/mol. The van der Waals surface area contributed by atoms with Crippen LogP contribution in [0.15, 0.2) is 47.5 Å². The van der Waals surface area contributed by atoms with Crippen LogP contribution in [0.4, 0.5) is 17.1 Å². The van der Waals surface area contributed by atoms with Crippen molar-refractivity contribution in [3.8, 4) is 11.5 Å². The third-order valence-corrected chi connectivity index (χ3v) is 5.27. The van der Waals surface area contributed by atoms with E-state index in [9.17, 15) is 9.59 Å². The Morgan fingerprint density at radius 3 is 2.62 bits per heavy atom. The molecule has 29 heavy (non-hydrogen) atoms. The predicted molar refractivity (Wildman–Crippen MR) is 111 cm³/mol. The first-order valence-corrected chi connectivity index (χ1v) is 9.60. The van der Waals surface area contributed by atoms with Gasteiger partial charge in [0.1, 0.15) is 18.0 Å². The van der Waals surface area contributed by atoms with Crippen molar-refractivity contribution >= 4 is 34.6 Å². The van der Waals surface area contributed by atoms with Crippen LogP contribution >= 0.6 is 0 Å². The Labute approximate surface area is 169 Å². The van der Waals surface area contributed by atoms with Crippen molar-refractivity contribution in [1.29, 1.82) is 0 Å². The van der Waals surface area contributed by atoms with Crippen molar-refractivity contribution in [2.45, 2.75) is 19.3 Å². The van der Waals surface area contributed by atoms with Gasteiger partial charge in [-0.3, -0.25) is 14.6 Å². The van der Waals surface area contributed by atoms with E-state index in [0.29, 0.717) is 22.9 Å². The average Bonchev–Trinajstić information content (AvgIpc) is 3.16. The fraction of sp³-hybridized carbons (Fsp3) is 0.318. The number of rotatable bonds is 5. The zero-order valence-electron chi connectivity index (χ0n) is 16.5. The molecule has 0 bridgehead atoms. The molecule has 1 unspecified atom stereocenters. The minimum atomic E-state index is -0.301. The molecule has 1 heterocycles. The molecular weight excluding hydrogens is 370 g/mol. The SMILES string of the molecule is COc1cc(NC(=O)CN2C(=O)C3CCCC3=Nc3ccccc32)cc(OC)c1. The van der Waals surface area contributed by atoms with Gasteiger partial charge in [-0.2, -0.15) is 0 Å². The highest BCUT2D eigenvalue weighted by Gasteiger charge is 2.37. The summed E-state index contributed by atoms with van der Waals surface area (Å²) in [6.45, 7) is -0.0886. The third-order valence-electron chi connectivity index (χ3n) is 5.27. The Kier molecular flexibility index (Phi) is 5.20. The van der Waals surface area contributed by atoms with Gasteiger partial charge in [-0.1, -0.05) is 12.1 Å². The lowest BCUT2D eigenvalue weighted by molar-refractivity contribution is -0.122. The molecule has 1 fully saturated rings. The zero-order valence-corrected chi connectivity index (χ0v) is 16.5. The van der Waals surface area contributed by atoms with Crippen molar-refractivity contribution < 1.29 is 19.1 Å². The lowest BCUT2D eigenvalue weighted by Gasteiger charge is -2.24. The van der Waals surface area contributed by atoms with Gasteiger partial charge < -0.3 is 19.7 Å². The number of anilines is 2. The van der Waals surface area contributed by atoms with Gasteiger partial charge in [-0.25, -0.2) is 0 Å². The molecule has 1 atom stereocenters. The van der Waals surface area contributed by atoms with E-state index in [0.717, 1.165) is 30.7 Å². The minimum Gasteiger partial charge on any atom is -0.497 e. The number of nitrogens with zero attached hydrogens (tertiary/aromatic N) is 2. The second kappa shape index (κ2) is 7.95. The number of aliphatic imine (C=N–C) groups is 1. The van der Waals surface area contributed by atoms with Gasteiger partial charge in [0.05, 0.1) is 31.5 Å². The molecule has 1 saturated carbocycles. The number of ether oxygens (including phenoxy) is 2. The predicted octanol–water partition coefficient (Wildman–Crippen LogP) is 3.56. The lowest BCUT2D eigenvalue weighted by atomic mass is 10.1. The number of hydrogen-bond acceptors (Lipinski definition) is 5. The van der Waals surface area contributed by atoms with Crippen molar-refractivity contribution in [3.63, 3.8) is 0 Å². The van der Waals surface area contributed by atoms with Crippen LogP contribution in [0, 0.1) is 5.92 Å². The fourth-order valence-corrected chi connectivity index (χ4v) is 3.86. The monoisotopic (exact) mass is 393 g/mol. The van der Waals surface area contributed by atoms with Gasteiger partial charge in [0.25, 0.3) is 0 Å². The molecule has 0 radical (unpaired) electrons. The molecule has 7 heteroatoms. The van der Waals surface area contributed by atoms with Crippen LogP contribution in [-0.4, -0.2) is 38.3 Å². The standard InChI is InChI=1S/C22H23N3O4/c1-28-15-10-14(11-16(12-15)29-2)23-21(26)13-25-20-9-4-3-7-19(20)24-18-8-5-6-17(18)22(25)27/h3-4,7,9-12,17H,5-6,8,13H2,1-2H3,(H,23,26). The first-order chi connectivity index (χ1) is 14.1. The largest absolute Gasteiger partial charge is 0.497 e. The molecule has 1 aliphatic carbocycles. The molecule has 0 spiro atoms. The van der Waals surface area contributed by atoms with E-state index in [2.05, 4.69) is 5.32 Å². The summed E-state index contributed by atoms with van der Waals surface area (Å²) in [4.78, 5) is 32.3. The number of carbonyl (C=O) groups excluding carboxylic acids is 2. The summed E-state index contributed by atoms with van der Waals surface area (Å²) in [5.41, 5.74) is 2.86. The fourth-order valence-electron chi connectivity index (χ4n) is 3.86. The summed E-state index contributed by atoms with van der Waals surface area (Å²) < 4.78 is 10.5. The smallest absolute Gasteiger partial charge is 0.244 e. The number of carbonyl (C=O) groups is 2. The number of hydrogen-bond donors (Lipinski definition) is 1. The van der Waals surface area contributed by atoms with Gasteiger partial charge in [0.2, 0.25) is 11.8 Å². The van der Waals surface area contributed by atoms with E-state index in [4.69, 9.17) is 14.5 Å². The molecule has 1 aliphatic heterocycles. The van der Waals surface area contributed by atoms with E-state index >= 15 is 0 Å². The van der Waals surface area contributed by atoms with Gasteiger partial charge in [0.15, 0.2) is 0 Å². The quantitative estimate of drug-likeness (QED) is 0.842.